The van der Waals surface area contributed by atoms with Crippen LogP contribution in [0, 0.1) is 11.6 Å². The molecule has 0 radical (unpaired) electrons. The highest BCUT2D eigenvalue weighted by Crippen LogP contribution is 2.24. The Kier molecular flexibility index (Phi) is 7.96. The number of ether oxygens (including phenoxy) is 1. The third-order valence-electron chi connectivity index (χ3n) is 5.07. The van der Waals surface area contributed by atoms with Crippen LogP contribution in [0.5, 0.6) is 0 Å². The van der Waals surface area contributed by atoms with Crippen LogP contribution in [-0.2, 0) is 24.8 Å². The first-order chi connectivity index (χ1) is 15.1. The van der Waals surface area contributed by atoms with Crippen molar-refractivity contribution in [2.75, 3.05) is 13.2 Å². The maximum atomic E-state index is 13.4. The smallest absolute Gasteiger partial charge is 0.241 e. The van der Waals surface area contributed by atoms with Gasteiger partial charge in [-0.25, -0.2) is 35.1 Å². The van der Waals surface area contributed by atoms with Gasteiger partial charge in [-0.1, -0.05) is 12.1 Å². The number of hydrogen-bond acceptors (Lipinski definition) is 6. The van der Waals surface area contributed by atoms with Crippen LogP contribution in [-0.4, -0.2) is 53.3 Å². The Morgan fingerprint density at radius 2 is 1.53 bits per heavy atom. The Balaban J connectivity index is 1.55. The molecule has 1 heterocycles. The van der Waals surface area contributed by atoms with E-state index in [9.17, 15) is 30.7 Å². The second kappa shape index (κ2) is 10.3. The fraction of sp³-hybridized carbons (Fsp3) is 0.400. The van der Waals surface area contributed by atoms with Crippen LogP contribution in [0.4, 0.5) is 8.78 Å². The van der Waals surface area contributed by atoms with Crippen molar-refractivity contribution in [1.29, 1.82) is 0 Å². The average molecular weight is 491 g/mol. The predicted molar refractivity (Wildman–Crippen MR) is 112 cm³/mol. The lowest BCUT2D eigenvalue weighted by Crippen LogP contribution is -2.51. The van der Waals surface area contributed by atoms with E-state index in [1.807, 2.05) is 0 Å². The minimum atomic E-state index is -4.02. The molecule has 0 bridgehead atoms. The summed E-state index contributed by atoms with van der Waals surface area (Å²) >= 11 is 0. The summed E-state index contributed by atoms with van der Waals surface area (Å²) in [5, 5.41) is 9.65. The van der Waals surface area contributed by atoms with Crippen LogP contribution in [0.3, 0.4) is 0 Å². The monoisotopic (exact) mass is 490 g/mol. The van der Waals surface area contributed by atoms with Gasteiger partial charge in [0.1, 0.15) is 11.6 Å². The van der Waals surface area contributed by atoms with E-state index in [0.29, 0.717) is 12.8 Å². The number of halogens is 2. The molecule has 3 atom stereocenters. The molecule has 12 heteroatoms. The van der Waals surface area contributed by atoms with Gasteiger partial charge < -0.3 is 9.84 Å². The highest BCUT2D eigenvalue weighted by atomic mass is 32.2. The SMILES string of the molecule is O=S(=O)(NCC[C@@H]1CC[C@H](NS(=O)(=O)c2cccc(F)c2)[C@@H](CO)O1)c1cccc(F)c1. The summed E-state index contributed by atoms with van der Waals surface area (Å²) in [5.74, 6) is -1.35. The predicted octanol–water partition coefficient (Wildman–Crippen LogP) is 1.52. The zero-order valence-electron chi connectivity index (χ0n) is 16.9. The van der Waals surface area contributed by atoms with Gasteiger partial charge in [0.2, 0.25) is 20.0 Å². The fourth-order valence-electron chi connectivity index (χ4n) is 3.45. The molecule has 3 N–H and O–H groups in total. The van der Waals surface area contributed by atoms with Crippen molar-refractivity contribution in [3.05, 3.63) is 60.2 Å². The van der Waals surface area contributed by atoms with Crippen molar-refractivity contribution in [2.24, 2.45) is 0 Å². The Morgan fingerprint density at radius 1 is 0.938 bits per heavy atom. The second-order valence-corrected chi connectivity index (χ2v) is 10.9. The maximum absolute atomic E-state index is 13.4. The van der Waals surface area contributed by atoms with Gasteiger partial charge in [0, 0.05) is 6.54 Å². The Labute approximate surface area is 185 Å². The quantitative estimate of drug-likeness (QED) is 0.490. The minimum Gasteiger partial charge on any atom is -0.394 e. The van der Waals surface area contributed by atoms with Gasteiger partial charge in [-0.15, -0.1) is 0 Å². The van der Waals surface area contributed by atoms with Gasteiger partial charge >= 0.3 is 0 Å². The highest BCUT2D eigenvalue weighted by Gasteiger charge is 2.34. The molecule has 3 rings (SSSR count). The first-order valence-electron chi connectivity index (χ1n) is 9.90. The van der Waals surface area contributed by atoms with E-state index in [0.717, 1.165) is 24.3 Å². The first kappa shape index (κ1) is 24.7. The zero-order valence-corrected chi connectivity index (χ0v) is 18.6. The van der Waals surface area contributed by atoms with Crippen molar-refractivity contribution < 1.29 is 35.5 Å². The molecule has 1 aliphatic heterocycles. The van der Waals surface area contributed by atoms with Gasteiger partial charge in [0.05, 0.1) is 34.6 Å². The summed E-state index contributed by atoms with van der Waals surface area (Å²) in [5.41, 5.74) is 0. The topological polar surface area (TPSA) is 122 Å². The summed E-state index contributed by atoms with van der Waals surface area (Å²) in [4.78, 5) is -0.426. The molecule has 0 aromatic heterocycles. The van der Waals surface area contributed by atoms with Crippen LogP contribution >= 0.6 is 0 Å². The number of hydrogen-bond donors (Lipinski definition) is 3. The Morgan fingerprint density at radius 3 is 2.09 bits per heavy atom. The van der Waals surface area contributed by atoms with Crippen molar-refractivity contribution in [1.82, 2.24) is 9.44 Å². The van der Waals surface area contributed by atoms with Gasteiger partial charge in [-0.05, 0) is 55.7 Å². The van der Waals surface area contributed by atoms with Crippen molar-refractivity contribution in [2.45, 2.75) is 47.3 Å². The Hall–Kier alpha value is -1.96. The summed E-state index contributed by atoms with van der Waals surface area (Å²) in [6.07, 6.45) is -0.251. The highest BCUT2D eigenvalue weighted by molar-refractivity contribution is 7.89. The normalized spacial score (nSPS) is 22.0. The van der Waals surface area contributed by atoms with E-state index >= 15 is 0 Å². The molecule has 0 aliphatic carbocycles. The van der Waals surface area contributed by atoms with E-state index < -0.39 is 56.5 Å². The molecule has 2 aromatic rings. The molecule has 0 saturated carbocycles. The fourth-order valence-corrected chi connectivity index (χ4v) is 5.86. The molecule has 0 spiro atoms. The molecule has 0 amide bonds. The van der Waals surface area contributed by atoms with Crippen LogP contribution in [0.2, 0.25) is 0 Å². The minimum absolute atomic E-state index is 0.0152. The number of aliphatic hydroxyl groups is 1. The molecule has 1 aliphatic rings. The lowest BCUT2D eigenvalue weighted by molar-refractivity contribution is -0.0869. The Bertz CT molecular complexity index is 1140. The maximum Gasteiger partial charge on any atom is 0.241 e. The first-order valence-corrected chi connectivity index (χ1v) is 12.9. The zero-order chi connectivity index (χ0) is 23.4. The molecule has 1 saturated heterocycles. The third-order valence-corrected chi connectivity index (χ3v) is 8.02. The molecule has 32 heavy (non-hydrogen) atoms. The van der Waals surface area contributed by atoms with Crippen LogP contribution in [0.25, 0.3) is 0 Å². The summed E-state index contributed by atoms with van der Waals surface area (Å²) in [6.45, 7) is -0.441. The van der Waals surface area contributed by atoms with Gasteiger partial charge in [-0.2, -0.15) is 0 Å². The van der Waals surface area contributed by atoms with Crippen molar-refractivity contribution in [3.63, 3.8) is 0 Å². The average Bonchev–Trinajstić information content (AvgIpc) is 2.74. The van der Waals surface area contributed by atoms with Gasteiger partial charge in [-0.3, -0.25) is 0 Å². The lowest BCUT2D eigenvalue weighted by Gasteiger charge is -2.36. The van der Waals surface area contributed by atoms with Crippen LogP contribution in [0.1, 0.15) is 19.3 Å². The number of sulfonamides is 2. The lowest BCUT2D eigenvalue weighted by atomic mass is 9.98. The molecule has 1 fully saturated rings. The summed E-state index contributed by atoms with van der Waals surface area (Å²) in [6, 6.07) is 8.47. The second-order valence-electron chi connectivity index (χ2n) is 7.39. The van der Waals surface area contributed by atoms with E-state index in [2.05, 4.69) is 9.44 Å². The summed E-state index contributed by atoms with van der Waals surface area (Å²) in [7, 11) is -7.91. The van der Waals surface area contributed by atoms with E-state index in [1.54, 1.807) is 0 Å². The third kappa shape index (κ3) is 6.30. The van der Waals surface area contributed by atoms with Gasteiger partial charge in [0.25, 0.3) is 0 Å². The van der Waals surface area contributed by atoms with E-state index in [-0.39, 0.29) is 22.8 Å². The molecule has 0 unspecified atom stereocenters. The van der Waals surface area contributed by atoms with Crippen molar-refractivity contribution >= 4 is 20.0 Å². The number of nitrogens with one attached hydrogen (secondary N) is 2. The number of aliphatic hydroxyl groups excluding tert-OH is 1. The molecule has 2 aromatic carbocycles. The van der Waals surface area contributed by atoms with E-state index in [1.165, 1.54) is 24.3 Å². The number of benzene rings is 2. The van der Waals surface area contributed by atoms with Crippen LogP contribution in [0.15, 0.2) is 58.3 Å². The molecule has 8 nitrogen and oxygen atoms in total. The molecular formula is C20H24F2N2O6S2. The standard InChI is InChI=1S/C20H24F2N2O6S2/c21-14-3-1-5-17(11-14)31(26,27)23-10-9-16-7-8-19(20(13-25)30-16)24-32(28,29)18-6-2-4-15(22)12-18/h1-6,11-12,16,19-20,23-25H,7-10,13H2/t16-,19-,20+/m0/s1. The molecule has 176 valence electrons. The number of rotatable bonds is 9. The summed E-state index contributed by atoms with van der Waals surface area (Å²) < 4.78 is 86.8. The molecular weight excluding hydrogens is 466 g/mol. The van der Waals surface area contributed by atoms with Gasteiger partial charge in [0.15, 0.2) is 0 Å². The van der Waals surface area contributed by atoms with Crippen molar-refractivity contribution in [3.8, 4) is 0 Å². The largest absolute Gasteiger partial charge is 0.394 e. The van der Waals surface area contributed by atoms with E-state index in [4.69, 9.17) is 4.74 Å². The van der Waals surface area contributed by atoms with Crippen LogP contribution < -0.4 is 9.44 Å².